The number of hydrogen-bond donors (Lipinski definition) is 1. The molecule has 0 spiro atoms. The molecule has 2 aromatic carbocycles. The zero-order valence-electron chi connectivity index (χ0n) is 11.3. The average molecular weight is 341 g/mol. The molecule has 0 saturated heterocycles. The molecule has 2 N–H and O–H groups in total. The summed E-state index contributed by atoms with van der Waals surface area (Å²) in [7, 11) is 0. The number of nitrogens with two attached hydrogens (primary N) is 1. The summed E-state index contributed by atoms with van der Waals surface area (Å²) in [6.07, 6.45) is -1.46. The maximum Gasteiger partial charge on any atom is 0.185 e. The van der Waals surface area contributed by atoms with Crippen molar-refractivity contribution in [3.05, 3.63) is 63.2 Å². The predicted octanol–water partition coefficient (Wildman–Crippen LogP) is 4.28. The van der Waals surface area contributed by atoms with Gasteiger partial charge in [0.25, 0.3) is 0 Å². The summed E-state index contributed by atoms with van der Waals surface area (Å²) in [6, 6.07) is 0. The monoisotopic (exact) mass is 341 g/mol. The zero-order chi connectivity index (χ0) is 17.6. The Morgan fingerprint density at radius 1 is 0.565 bits per heavy atom. The Bertz CT molecular complexity index is 690. The molecule has 124 valence electrons. The summed E-state index contributed by atoms with van der Waals surface area (Å²) < 4.78 is 108. The van der Waals surface area contributed by atoms with Gasteiger partial charge in [-0.3, -0.25) is 0 Å². The lowest BCUT2D eigenvalue weighted by Crippen LogP contribution is -2.12. The predicted molar refractivity (Wildman–Crippen MR) is 64.5 cm³/mol. The van der Waals surface area contributed by atoms with Crippen molar-refractivity contribution >= 4 is 5.69 Å². The van der Waals surface area contributed by atoms with Crippen LogP contribution in [0.1, 0.15) is 16.7 Å². The minimum atomic E-state index is -2.01. The second-order valence-corrected chi connectivity index (χ2v) is 4.68. The Hall–Kier alpha value is -2.32. The molecule has 0 bridgehead atoms. The first-order valence-electron chi connectivity index (χ1n) is 6.01. The van der Waals surface area contributed by atoms with Gasteiger partial charge in [-0.1, -0.05) is 0 Å². The van der Waals surface area contributed by atoms with Crippen LogP contribution >= 0.6 is 0 Å². The summed E-state index contributed by atoms with van der Waals surface area (Å²) in [4.78, 5) is 0. The highest BCUT2D eigenvalue weighted by atomic mass is 19.2. The van der Waals surface area contributed by atoms with E-state index in [1.807, 2.05) is 0 Å². The van der Waals surface area contributed by atoms with Gasteiger partial charge in [-0.25, -0.2) is 35.1 Å². The standard InChI is InChI=1S/C14H7F8N/c1-3-6(15)8(17)4(9(18)7(3)16)2-5-10(19)12(21)14(23)13(22)11(5)20/h2,23H2,1H3. The number of benzene rings is 2. The largest absolute Gasteiger partial charge is 0.394 e. The molecule has 0 amide bonds. The van der Waals surface area contributed by atoms with E-state index in [1.54, 1.807) is 0 Å². The first-order chi connectivity index (χ1) is 10.6. The van der Waals surface area contributed by atoms with Gasteiger partial charge >= 0.3 is 0 Å². The number of hydrogen-bond acceptors (Lipinski definition) is 1. The van der Waals surface area contributed by atoms with Crippen molar-refractivity contribution in [2.75, 3.05) is 5.73 Å². The van der Waals surface area contributed by atoms with Crippen LogP contribution in [0.4, 0.5) is 40.8 Å². The number of rotatable bonds is 2. The molecule has 0 aliphatic carbocycles. The lowest BCUT2D eigenvalue weighted by atomic mass is 9.99. The molecular formula is C14H7F8N. The van der Waals surface area contributed by atoms with Crippen LogP contribution in [-0.4, -0.2) is 0 Å². The first-order valence-corrected chi connectivity index (χ1v) is 6.01. The molecule has 0 aromatic heterocycles. The lowest BCUT2D eigenvalue weighted by molar-refractivity contribution is 0.424. The van der Waals surface area contributed by atoms with E-state index in [0.29, 0.717) is 0 Å². The van der Waals surface area contributed by atoms with Crippen LogP contribution in [-0.2, 0) is 6.42 Å². The zero-order valence-corrected chi connectivity index (χ0v) is 11.3. The van der Waals surface area contributed by atoms with E-state index in [2.05, 4.69) is 0 Å². The highest BCUT2D eigenvalue weighted by molar-refractivity contribution is 5.46. The van der Waals surface area contributed by atoms with Crippen molar-refractivity contribution in [2.45, 2.75) is 13.3 Å². The van der Waals surface area contributed by atoms with Gasteiger partial charge < -0.3 is 5.73 Å². The van der Waals surface area contributed by atoms with E-state index in [9.17, 15) is 35.1 Å². The molecule has 0 heterocycles. The van der Waals surface area contributed by atoms with E-state index in [1.165, 1.54) is 0 Å². The van der Waals surface area contributed by atoms with E-state index in [0.717, 1.165) is 6.92 Å². The van der Waals surface area contributed by atoms with Crippen molar-refractivity contribution in [1.82, 2.24) is 0 Å². The highest BCUT2D eigenvalue weighted by Gasteiger charge is 2.28. The van der Waals surface area contributed by atoms with Crippen molar-refractivity contribution in [2.24, 2.45) is 0 Å². The summed E-state index contributed by atoms with van der Waals surface area (Å²) in [5.74, 6) is -15.4. The topological polar surface area (TPSA) is 26.0 Å². The molecule has 2 rings (SSSR count). The molecule has 0 radical (unpaired) electrons. The minimum Gasteiger partial charge on any atom is -0.394 e. The molecule has 0 unspecified atom stereocenters. The van der Waals surface area contributed by atoms with Crippen LogP contribution in [0.2, 0.25) is 0 Å². The summed E-state index contributed by atoms with van der Waals surface area (Å²) in [5, 5.41) is 0. The average Bonchev–Trinajstić information content (AvgIpc) is 2.54. The Labute approximate surface area is 124 Å². The van der Waals surface area contributed by atoms with Gasteiger partial charge in [0.2, 0.25) is 0 Å². The lowest BCUT2D eigenvalue weighted by Gasteiger charge is -2.12. The third-order valence-electron chi connectivity index (χ3n) is 3.32. The second kappa shape index (κ2) is 5.71. The fraction of sp³-hybridized carbons (Fsp3) is 0.143. The summed E-state index contributed by atoms with van der Waals surface area (Å²) in [6.45, 7) is 0.740. The molecule has 0 atom stereocenters. The Morgan fingerprint density at radius 3 is 1.22 bits per heavy atom. The van der Waals surface area contributed by atoms with Gasteiger partial charge in [-0.15, -0.1) is 0 Å². The fourth-order valence-corrected chi connectivity index (χ4v) is 1.97. The number of nitrogen functional groups attached to an aromatic ring is 1. The van der Waals surface area contributed by atoms with Crippen molar-refractivity contribution < 1.29 is 35.1 Å². The van der Waals surface area contributed by atoms with Gasteiger partial charge in [0.1, 0.15) is 5.69 Å². The van der Waals surface area contributed by atoms with E-state index >= 15 is 0 Å². The van der Waals surface area contributed by atoms with E-state index in [-0.39, 0.29) is 0 Å². The van der Waals surface area contributed by atoms with Gasteiger partial charge in [0.05, 0.1) is 0 Å². The third-order valence-corrected chi connectivity index (χ3v) is 3.32. The molecule has 9 heteroatoms. The smallest absolute Gasteiger partial charge is 0.185 e. The first kappa shape index (κ1) is 17.0. The molecule has 0 fully saturated rings. The van der Waals surface area contributed by atoms with Crippen LogP contribution < -0.4 is 5.73 Å². The van der Waals surface area contributed by atoms with E-state index in [4.69, 9.17) is 5.73 Å². The molecule has 0 aliphatic rings. The van der Waals surface area contributed by atoms with Gasteiger partial charge in [0, 0.05) is 23.1 Å². The highest BCUT2D eigenvalue weighted by Crippen LogP contribution is 2.31. The van der Waals surface area contributed by atoms with Crippen molar-refractivity contribution in [1.29, 1.82) is 0 Å². The second-order valence-electron chi connectivity index (χ2n) is 4.68. The number of anilines is 1. The molecule has 0 aliphatic heterocycles. The Morgan fingerprint density at radius 2 is 0.870 bits per heavy atom. The molecule has 23 heavy (non-hydrogen) atoms. The minimum absolute atomic E-state index is 0.740. The maximum atomic E-state index is 13.7. The molecule has 0 saturated carbocycles. The van der Waals surface area contributed by atoms with Crippen LogP contribution in [0.3, 0.4) is 0 Å². The van der Waals surface area contributed by atoms with Gasteiger partial charge in [-0.2, -0.15) is 0 Å². The van der Waals surface area contributed by atoms with Crippen molar-refractivity contribution in [3.63, 3.8) is 0 Å². The third kappa shape index (κ3) is 2.49. The molecule has 1 nitrogen and oxygen atoms in total. The SMILES string of the molecule is Cc1c(F)c(F)c(Cc2c(F)c(F)c(N)c(F)c2F)c(F)c1F. The Balaban J connectivity index is 2.71. The van der Waals surface area contributed by atoms with Crippen LogP contribution in [0, 0.1) is 53.5 Å². The van der Waals surface area contributed by atoms with Crippen LogP contribution in [0.5, 0.6) is 0 Å². The van der Waals surface area contributed by atoms with Crippen molar-refractivity contribution in [3.8, 4) is 0 Å². The van der Waals surface area contributed by atoms with E-state index < -0.39 is 75.3 Å². The quantitative estimate of drug-likeness (QED) is 0.492. The van der Waals surface area contributed by atoms with Gasteiger partial charge in [-0.05, 0) is 6.92 Å². The van der Waals surface area contributed by atoms with Crippen LogP contribution in [0.15, 0.2) is 0 Å². The van der Waals surface area contributed by atoms with Crippen LogP contribution in [0.25, 0.3) is 0 Å². The Kier molecular flexibility index (Phi) is 4.23. The summed E-state index contributed by atoms with van der Waals surface area (Å²) >= 11 is 0. The number of halogens is 8. The molecule has 2 aromatic rings. The van der Waals surface area contributed by atoms with Gasteiger partial charge in [0.15, 0.2) is 46.5 Å². The normalized spacial score (nSPS) is 11.2. The fourth-order valence-electron chi connectivity index (χ4n) is 1.97. The maximum absolute atomic E-state index is 13.7. The summed E-state index contributed by atoms with van der Waals surface area (Å²) in [5.41, 5.74) is -0.537. The molecular weight excluding hydrogens is 334 g/mol.